The number of benzene rings is 2. The first-order valence-corrected chi connectivity index (χ1v) is 11.0. The van der Waals surface area contributed by atoms with E-state index >= 15 is 0 Å². The highest BCUT2D eigenvalue weighted by atomic mass is 19.1. The fourth-order valence-corrected chi connectivity index (χ4v) is 4.55. The van der Waals surface area contributed by atoms with Crippen LogP contribution >= 0.6 is 0 Å². The van der Waals surface area contributed by atoms with Gasteiger partial charge >= 0.3 is 0 Å². The van der Waals surface area contributed by atoms with Crippen molar-refractivity contribution in [1.29, 1.82) is 0 Å². The summed E-state index contributed by atoms with van der Waals surface area (Å²) in [7, 11) is 0. The molecule has 2 aliphatic rings. The molecule has 2 aromatic carbocycles. The predicted octanol–water partition coefficient (Wildman–Crippen LogP) is 4.25. The van der Waals surface area contributed by atoms with Crippen LogP contribution in [-0.4, -0.2) is 52.7 Å². The minimum Gasteiger partial charge on any atom is -0.470 e. The van der Waals surface area contributed by atoms with Crippen LogP contribution in [0, 0.1) is 12.7 Å². The van der Waals surface area contributed by atoms with E-state index in [-0.39, 0.29) is 30.6 Å². The highest BCUT2D eigenvalue weighted by Crippen LogP contribution is 2.32. The van der Waals surface area contributed by atoms with Crippen LogP contribution in [0.5, 0.6) is 5.88 Å². The van der Waals surface area contributed by atoms with Crippen LogP contribution in [0.1, 0.15) is 5.56 Å². The Labute approximate surface area is 189 Å². The maximum absolute atomic E-state index is 14.9. The molecule has 168 valence electrons. The number of ether oxygens (including phenoxy) is 3. The van der Waals surface area contributed by atoms with Crippen LogP contribution in [0.3, 0.4) is 0 Å². The molecule has 4 atom stereocenters. The molecule has 0 aliphatic carbocycles. The van der Waals surface area contributed by atoms with E-state index in [0.717, 1.165) is 11.1 Å². The number of halogens is 1. The predicted molar refractivity (Wildman–Crippen MR) is 122 cm³/mol. The van der Waals surface area contributed by atoms with Crippen molar-refractivity contribution < 1.29 is 23.7 Å². The van der Waals surface area contributed by atoms with Gasteiger partial charge in [0.05, 0.1) is 24.2 Å². The van der Waals surface area contributed by atoms with Crippen molar-refractivity contribution >= 4 is 11.0 Å². The molecule has 0 amide bonds. The summed E-state index contributed by atoms with van der Waals surface area (Å²) in [6, 6.07) is 19.2. The third-order valence-electron chi connectivity index (χ3n) is 6.33. The number of rotatable bonds is 4. The van der Waals surface area contributed by atoms with Gasteiger partial charge in [-0.05, 0) is 18.1 Å². The van der Waals surface area contributed by atoms with Gasteiger partial charge in [0.1, 0.15) is 24.0 Å². The lowest BCUT2D eigenvalue weighted by molar-refractivity contribution is 0.00794. The molecule has 6 nitrogen and oxygen atoms in total. The van der Waals surface area contributed by atoms with Crippen LogP contribution in [0.2, 0.25) is 0 Å². The molecule has 0 bridgehead atoms. The number of aliphatic hydroxyl groups is 1. The summed E-state index contributed by atoms with van der Waals surface area (Å²) in [5.74, 6) is 0.0495. The van der Waals surface area contributed by atoms with Crippen LogP contribution in [-0.2, 0) is 9.47 Å². The third-order valence-corrected chi connectivity index (χ3v) is 6.33. The summed E-state index contributed by atoms with van der Waals surface area (Å²) in [6.45, 7) is 2.61. The van der Waals surface area contributed by atoms with Gasteiger partial charge in [-0.15, -0.1) is 0 Å². The zero-order valence-electron chi connectivity index (χ0n) is 18.0. The van der Waals surface area contributed by atoms with Gasteiger partial charge in [0.15, 0.2) is 17.8 Å². The highest BCUT2D eigenvalue weighted by Gasteiger charge is 2.48. The Kier molecular flexibility index (Phi) is 4.90. The van der Waals surface area contributed by atoms with Crippen molar-refractivity contribution in [3.8, 4) is 28.3 Å². The molecule has 4 aromatic rings. The first-order chi connectivity index (χ1) is 16.0. The molecular weight excluding hydrogens is 423 g/mol. The number of aromatic amines is 1. The van der Waals surface area contributed by atoms with E-state index in [1.807, 2.05) is 24.3 Å². The lowest BCUT2D eigenvalue weighted by Gasteiger charge is -2.16. The quantitative estimate of drug-likeness (QED) is 0.490. The molecule has 7 heteroatoms. The van der Waals surface area contributed by atoms with Crippen LogP contribution in [0.15, 0.2) is 60.7 Å². The number of hydrogen-bond acceptors (Lipinski definition) is 5. The Bertz CT molecular complexity index is 1300. The zero-order chi connectivity index (χ0) is 22.5. The number of nitrogens with one attached hydrogen (secondary N) is 1. The molecule has 33 heavy (non-hydrogen) atoms. The Morgan fingerprint density at radius 1 is 0.939 bits per heavy atom. The number of H-pyrrole nitrogens is 1. The van der Waals surface area contributed by atoms with Gasteiger partial charge in [-0.1, -0.05) is 54.1 Å². The minimum absolute atomic E-state index is 0.237. The van der Waals surface area contributed by atoms with Crippen molar-refractivity contribution in [3.05, 3.63) is 72.0 Å². The molecule has 2 aromatic heterocycles. The average molecular weight is 446 g/mol. The third kappa shape index (κ3) is 3.68. The fraction of sp³-hybridized carbons (Fsp3) is 0.269. The Morgan fingerprint density at radius 3 is 2.36 bits per heavy atom. The van der Waals surface area contributed by atoms with Gasteiger partial charge in [0.25, 0.3) is 0 Å². The molecule has 2 aliphatic heterocycles. The number of nitrogens with zero attached hydrogens (tertiary/aromatic N) is 1. The van der Waals surface area contributed by atoms with E-state index < -0.39 is 11.9 Å². The molecule has 2 fully saturated rings. The molecular formula is C26H23FN2O4. The summed E-state index contributed by atoms with van der Waals surface area (Å²) in [5, 5.41) is 9.89. The van der Waals surface area contributed by atoms with E-state index in [2.05, 4.69) is 41.2 Å². The van der Waals surface area contributed by atoms with Crippen molar-refractivity contribution in [2.45, 2.75) is 31.3 Å². The lowest BCUT2D eigenvalue weighted by atomic mass is 10.0. The Hall–Kier alpha value is -3.26. The minimum atomic E-state index is -0.637. The van der Waals surface area contributed by atoms with Crippen LogP contribution < -0.4 is 4.74 Å². The van der Waals surface area contributed by atoms with E-state index in [1.165, 1.54) is 11.6 Å². The maximum Gasteiger partial charge on any atom is 0.193 e. The van der Waals surface area contributed by atoms with Crippen LogP contribution in [0.4, 0.5) is 4.39 Å². The molecule has 6 rings (SSSR count). The zero-order valence-corrected chi connectivity index (χ0v) is 18.0. The lowest BCUT2D eigenvalue weighted by Crippen LogP contribution is -2.34. The van der Waals surface area contributed by atoms with Crippen molar-refractivity contribution in [2.75, 3.05) is 13.2 Å². The smallest absolute Gasteiger partial charge is 0.193 e. The van der Waals surface area contributed by atoms with E-state index in [0.29, 0.717) is 29.1 Å². The summed E-state index contributed by atoms with van der Waals surface area (Å²) in [5.41, 5.74) is 5.52. The maximum atomic E-state index is 14.9. The van der Waals surface area contributed by atoms with E-state index in [4.69, 9.17) is 14.2 Å². The molecule has 2 N–H and O–H groups in total. The fourth-order valence-electron chi connectivity index (χ4n) is 4.55. The SMILES string of the molecule is Cc1ccc(-c2ccc(-c3nc4cc(O[C@@H]5CO[C@H]6[C@@H]5OC[C@H]6O)[nH]c4cc3F)cc2)cc1. The Balaban J connectivity index is 1.25. The number of aliphatic hydroxyl groups excluding tert-OH is 1. The molecule has 0 saturated carbocycles. The first-order valence-electron chi connectivity index (χ1n) is 11.0. The number of fused-ring (bicyclic) bond motifs is 2. The van der Waals surface area contributed by atoms with Crippen LogP contribution in [0.25, 0.3) is 33.4 Å². The number of pyridine rings is 1. The molecule has 0 unspecified atom stereocenters. The van der Waals surface area contributed by atoms with Crippen molar-refractivity contribution in [3.63, 3.8) is 0 Å². The second-order valence-corrected chi connectivity index (χ2v) is 8.65. The first kappa shape index (κ1) is 20.4. The van der Waals surface area contributed by atoms with Gasteiger partial charge in [0.2, 0.25) is 0 Å². The van der Waals surface area contributed by atoms with Gasteiger partial charge in [-0.3, -0.25) is 0 Å². The van der Waals surface area contributed by atoms with E-state index in [9.17, 15) is 9.50 Å². The monoisotopic (exact) mass is 446 g/mol. The molecule has 4 heterocycles. The number of aryl methyl sites for hydroxylation is 1. The van der Waals surface area contributed by atoms with Gasteiger partial charge in [-0.2, -0.15) is 0 Å². The highest BCUT2D eigenvalue weighted by molar-refractivity contribution is 5.81. The second kappa shape index (κ2) is 7.95. The topological polar surface area (TPSA) is 76.6 Å². The van der Waals surface area contributed by atoms with Crippen molar-refractivity contribution in [2.24, 2.45) is 0 Å². The number of aromatic nitrogens is 2. The Morgan fingerprint density at radius 2 is 1.61 bits per heavy atom. The van der Waals surface area contributed by atoms with Gasteiger partial charge in [0, 0.05) is 17.7 Å². The molecule has 0 spiro atoms. The largest absolute Gasteiger partial charge is 0.470 e. The van der Waals surface area contributed by atoms with Gasteiger partial charge < -0.3 is 24.3 Å². The van der Waals surface area contributed by atoms with Crippen molar-refractivity contribution in [1.82, 2.24) is 9.97 Å². The van der Waals surface area contributed by atoms with E-state index in [1.54, 1.807) is 6.07 Å². The molecule has 2 saturated heterocycles. The summed E-state index contributed by atoms with van der Waals surface area (Å²) < 4.78 is 32.1. The van der Waals surface area contributed by atoms with Gasteiger partial charge in [-0.25, -0.2) is 9.37 Å². The average Bonchev–Trinajstić information content (AvgIpc) is 3.51. The second-order valence-electron chi connectivity index (χ2n) is 8.65. The summed E-state index contributed by atoms with van der Waals surface area (Å²) >= 11 is 0. The number of hydrogen-bond donors (Lipinski definition) is 2. The summed E-state index contributed by atoms with van der Waals surface area (Å²) in [4.78, 5) is 7.61. The molecule has 0 radical (unpaired) electrons. The normalized spacial score (nSPS) is 24.3. The standard InChI is InChI=1S/C26H23FN2O4/c1-14-2-4-15(5-3-14)16-6-8-17(9-7-16)24-18(27)10-19-20(29-24)11-23(28-19)33-22-13-32-25-21(30)12-31-26(22)25/h2-11,21-22,25-26,28,30H,12-13H2,1H3/t21-,22-,25-,26-/m1/s1. The summed E-state index contributed by atoms with van der Waals surface area (Å²) in [6.07, 6.45) is -1.68.